The minimum absolute atomic E-state index is 0.0525. The normalized spacial score (nSPS) is 24.4. The maximum absolute atomic E-state index is 12.5. The summed E-state index contributed by atoms with van der Waals surface area (Å²) in [5.41, 5.74) is -1.06. The van der Waals surface area contributed by atoms with Crippen LogP contribution < -0.4 is 9.46 Å². The fraction of sp³-hybridized carbons (Fsp3) is 0.500. The molecular weight excluding hydrogens is 373 g/mol. The van der Waals surface area contributed by atoms with Crippen molar-refractivity contribution in [2.45, 2.75) is 23.8 Å². The molecule has 1 aliphatic rings. The third-order valence-corrected chi connectivity index (χ3v) is 7.68. The first-order valence-corrected chi connectivity index (χ1v) is 10.3. The molecule has 0 bridgehead atoms. The zero-order valence-corrected chi connectivity index (χ0v) is 15.0. The summed E-state index contributed by atoms with van der Waals surface area (Å²) < 4.78 is 55.5. The van der Waals surface area contributed by atoms with Gasteiger partial charge in [0.2, 0.25) is 10.0 Å². The van der Waals surface area contributed by atoms with Crippen LogP contribution in [0.1, 0.15) is 13.3 Å². The van der Waals surface area contributed by atoms with Gasteiger partial charge in [-0.05, 0) is 19.4 Å². The number of sulfonamides is 1. The van der Waals surface area contributed by atoms with Crippen LogP contribution in [0.15, 0.2) is 17.0 Å². The van der Waals surface area contributed by atoms with Crippen molar-refractivity contribution in [3.8, 4) is 5.75 Å². The van der Waals surface area contributed by atoms with Crippen molar-refractivity contribution in [1.29, 1.82) is 0 Å². The molecule has 2 rings (SSSR count). The molecule has 1 heterocycles. The van der Waals surface area contributed by atoms with Gasteiger partial charge >= 0.3 is 0 Å². The fourth-order valence-corrected chi connectivity index (χ4v) is 6.81. The van der Waals surface area contributed by atoms with Crippen LogP contribution in [0.2, 0.25) is 10.0 Å². The molecule has 1 aromatic rings. The molecule has 0 aromatic heterocycles. The number of ether oxygens (including phenoxy) is 1. The monoisotopic (exact) mass is 387 g/mol. The number of methoxy groups -OCH3 is 1. The van der Waals surface area contributed by atoms with Gasteiger partial charge in [-0.25, -0.2) is 21.6 Å². The van der Waals surface area contributed by atoms with Crippen LogP contribution in [0, 0.1) is 0 Å². The number of benzene rings is 1. The molecule has 10 heteroatoms. The number of rotatable bonds is 4. The van der Waals surface area contributed by atoms with E-state index in [-0.39, 0.29) is 38.6 Å². The molecule has 0 aliphatic carbocycles. The average Bonchev–Trinajstić information content (AvgIpc) is 2.64. The summed E-state index contributed by atoms with van der Waals surface area (Å²) in [5.74, 6) is -0.0515. The minimum atomic E-state index is -4.02. The Morgan fingerprint density at radius 2 is 1.91 bits per heavy atom. The summed E-state index contributed by atoms with van der Waals surface area (Å²) in [6.45, 7) is 1.55. The van der Waals surface area contributed by atoms with Gasteiger partial charge in [-0.2, -0.15) is 0 Å². The van der Waals surface area contributed by atoms with E-state index in [0.717, 1.165) is 0 Å². The molecule has 1 fully saturated rings. The van der Waals surface area contributed by atoms with Crippen molar-refractivity contribution in [1.82, 2.24) is 4.72 Å². The zero-order chi connectivity index (χ0) is 16.8. The van der Waals surface area contributed by atoms with Gasteiger partial charge in [0.25, 0.3) is 0 Å². The molecule has 1 atom stereocenters. The van der Waals surface area contributed by atoms with Gasteiger partial charge in [-0.3, -0.25) is 0 Å². The first kappa shape index (κ1) is 17.8. The molecule has 22 heavy (non-hydrogen) atoms. The zero-order valence-electron chi connectivity index (χ0n) is 11.9. The highest BCUT2D eigenvalue weighted by atomic mass is 35.5. The van der Waals surface area contributed by atoms with Crippen LogP contribution in [0.5, 0.6) is 5.75 Å². The minimum Gasteiger partial charge on any atom is -0.495 e. The maximum atomic E-state index is 12.5. The number of halogens is 2. The Kier molecular flexibility index (Phi) is 4.72. The molecule has 0 spiro atoms. The molecule has 1 aromatic carbocycles. The van der Waals surface area contributed by atoms with Crippen LogP contribution in [-0.4, -0.2) is 41.0 Å². The predicted octanol–water partition coefficient (Wildman–Crippen LogP) is 1.86. The predicted molar refractivity (Wildman–Crippen MR) is 85.0 cm³/mol. The van der Waals surface area contributed by atoms with Gasteiger partial charge in [-0.1, -0.05) is 23.2 Å². The summed E-state index contributed by atoms with van der Waals surface area (Å²) in [4.78, 5) is -0.217. The number of hydrogen-bond acceptors (Lipinski definition) is 5. The Labute approximate surface area is 139 Å². The van der Waals surface area contributed by atoms with Gasteiger partial charge in [0.1, 0.15) is 10.6 Å². The van der Waals surface area contributed by atoms with E-state index in [1.165, 1.54) is 19.2 Å². The van der Waals surface area contributed by atoms with E-state index in [1.807, 2.05) is 0 Å². The molecule has 1 N–H and O–H groups in total. The standard InChI is InChI=1S/C12H15Cl2NO5S2/c1-12(3-4-21(16,17)7-12)15-22(18,19)11-6-8(13)10(20-2)5-9(11)14/h5-6,15H,3-4,7H2,1-2H3. The van der Waals surface area contributed by atoms with Crippen LogP contribution in [0.3, 0.4) is 0 Å². The fourth-order valence-electron chi connectivity index (χ4n) is 2.34. The van der Waals surface area contributed by atoms with Crippen molar-refractivity contribution in [2.75, 3.05) is 18.6 Å². The summed E-state index contributed by atoms with van der Waals surface area (Å²) in [6, 6.07) is 2.48. The highest BCUT2D eigenvalue weighted by Crippen LogP contribution is 2.34. The van der Waals surface area contributed by atoms with E-state index in [9.17, 15) is 16.8 Å². The summed E-state index contributed by atoms with van der Waals surface area (Å²) >= 11 is 11.9. The van der Waals surface area contributed by atoms with E-state index in [4.69, 9.17) is 27.9 Å². The van der Waals surface area contributed by atoms with Gasteiger partial charge < -0.3 is 4.74 Å². The Balaban J connectivity index is 2.38. The van der Waals surface area contributed by atoms with Gasteiger partial charge in [0.15, 0.2) is 9.84 Å². The van der Waals surface area contributed by atoms with E-state index >= 15 is 0 Å². The van der Waals surface area contributed by atoms with Crippen molar-refractivity contribution < 1.29 is 21.6 Å². The quantitative estimate of drug-likeness (QED) is 0.851. The second kappa shape index (κ2) is 5.83. The van der Waals surface area contributed by atoms with Crippen LogP contribution >= 0.6 is 23.2 Å². The van der Waals surface area contributed by atoms with E-state index < -0.39 is 25.4 Å². The molecule has 1 unspecified atom stereocenters. The second-order valence-corrected chi connectivity index (χ2v) is 10.1. The summed E-state index contributed by atoms with van der Waals surface area (Å²) in [5, 5.41) is 0.0367. The number of hydrogen-bond donors (Lipinski definition) is 1. The average molecular weight is 388 g/mol. The summed E-state index contributed by atoms with van der Waals surface area (Å²) in [6.07, 6.45) is 0.204. The van der Waals surface area contributed by atoms with Gasteiger partial charge in [0, 0.05) is 11.6 Å². The Morgan fingerprint density at radius 1 is 1.27 bits per heavy atom. The van der Waals surface area contributed by atoms with Crippen molar-refractivity contribution in [2.24, 2.45) is 0 Å². The van der Waals surface area contributed by atoms with Crippen LogP contribution in [0.25, 0.3) is 0 Å². The molecule has 124 valence electrons. The topological polar surface area (TPSA) is 89.5 Å². The number of nitrogens with one attached hydrogen (secondary N) is 1. The lowest BCUT2D eigenvalue weighted by Crippen LogP contribution is -2.46. The second-order valence-electron chi connectivity index (χ2n) is 5.43. The first-order chi connectivity index (χ1) is 9.98. The molecule has 0 amide bonds. The number of sulfone groups is 1. The lowest BCUT2D eigenvalue weighted by molar-refractivity contribution is 0.414. The lowest BCUT2D eigenvalue weighted by Gasteiger charge is -2.24. The van der Waals surface area contributed by atoms with Crippen molar-refractivity contribution in [3.63, 3.8) is 0 Å². The van der Waals surface area contributed by atoms with E-state index in [1.54, 1.807) is 6.92 Å². The first-order valence-electron chi connectivity index (χ1n) is 6.25. The van der Waals surface area contributed by atoms with E-state index in [2.05, 4.69) is 4.72 Å². The van der Waals surface area contributed by atoms with Crippen molar-refractivity contribution in [3.05, 3.63) is 22.2 Å². The molecule has 1 saturated heterocycles. The highest BCUT2D eigenvalue weighted by molar-refractivity contribution is 7.92. The van der Waals surface area contributed by atoms with Crippen LogP contribution in [-0.2, 0) is 19.9 Å². The third kappa shape index (κ3) is 3.68. The molecule has 6 nitrogen and oxygen atoms in total. The molecule has 0 radical (unpaired) electrons. The Hall–Kier alpha value is -0.540. The van der Waals surface area contributed by atoms with Crippen LogP contribution in [0.4, 0.5) is 0 Å². The SMILES string of the molecule is COc1cc(Cl)c(S(=O)(=O)NC2(C)CCS(=O)(=O)C2)cc1Cl. The highest BCUT2D eigenvalue weighted by Gasteiger charge is 2.41. The maximum Gasteiger partial charge on any atom is 0.242 e. The van der Waals surface area contributed by atoms with Crippen molar-refractivity contribution >= 4 is 43.1 Å². The lowest BCUT2D eigenvalue weighted by atomic mass is 10.0. The van der Waals surface area contributed by atoms with E-state index in [0.29, 0.717) is 0 Å². The summed E-state index contributed by atoms with van der Waals surface area (Å²) in [7, 11) is -5.88. The largest absolute Gasteiger partial charge is 0.495 e. The molecular formula is C12H15Cl2NO5S2. The smallest absolute Gasteiger partial charge is 0.242 e. The molecule has 1 aliphatic heterocycles. The molecule has 0 saturated carbocycles. The van der Waals surface area contributed by atoms with Gasteiger partial charge in [-0.15, -0.1) is 0 Å². The van der Waals surface area contributed by atoms with Gasteiger partial charge in [0.05, 0.1) is 28.7 Å². The Morgan fingerprint density at radius 3 is 2.41 bits per heavy atom. The Bertz CT molecular complexity index is 807. The third-order valence-electron chi connectivity index (χ3n) is 3.38.